The van der Waals surface area contributed by atoms with Gasteiger partial charge in [0, 0.05) is 42.5 Å². The molecular formula is C23H31N5O2. The van der Waals surface area contributed by atoms with Gasteiger partial charge in [-0.25, -0.2) is 0 Å². The molecule has 0 bridgehead atoms. The van der Waals surface area contributed by atoms with E-state index in [-0.39, 0.29) is 17.7 Å². The molecule has 0 saturated carbocycles. The van der Waals surface area contributed by atoms with Crippen molar-refractivity contribution in [2.45, 2.75) is 33.1 Å². The number of primary amides is 1. The summed E-state index contributed by atoms with van der Waals surface area (Å²) >= 11 is 0. The number of aryl methyl sites for hydroxylation is 2. The molecule has 0 aliphatic carbocycles. The van der Waals surface area contributed by atoms with Crippen LogP contribution in [0.4, 0.5) is 5.69 Å². The number of carbonyl (C=O) groups excluding carboxylic acids is 2. The van der Waals surface area contributed by atoms with E-state index in [4.69, 9.17) is 5.73 Å². The maximum Gasteiger partial charge on any atom is 0.248 e. The van der Waals surface area contributed by atoms with Crippen molar-refractivity contribution in [3.05, 3.63) is 52.9 Å². The molecule has 30 heavy (non-hydrogen) atoms. The fraction of sp³-hybridized carbons (Fsp3) is 0.435. The molecule has 1 aliphatic rings. The highest BCUT2D eigenvalue weighted by Gasteiger charge is 2.22. The molecule has 2 heterocycles. The lowest BCUT2D eigenvalue weighted by Crippen LogP contribution is -2.39. The van der Waals surface area contributed by atoms with E-state index < -0.39 is 0 Å². The van der Waals surface area contributed by atoms with Gasteiger partial charge >= 0.3 is 0 Å². The summed E-state index contributed by atoms with van der Waals surface area (Å²) in [4.78, 5) is 25.9. The van der Waals surface area contributed by atoms with Crippen molar-refractivity contribution in [2.75, 3.05) is 25.0 Å². The lowest BCUT2D eigenvalue weighted by Gasteiger charge is -2.30. The predicted molar refractivity (Wildman–Crippen MR) is 119 cm³/mol. The Bertz CT molecular complexity index is 922. The average molecular weight is 410 g/mol. The Hall–Kier alpha value is -2.93. The van der Waals surface area contributed by atoms with Crippen molar-refractivity contribution in [2.24, 2.45) is 18.7 Å². The molecule has 7 nitrogen and oxygen atoms in total. The third-order valence-corrected chi connectivity index (χ3v) is 5.89. The molecule has 0 radical (unpaired) electrons. The maximum atomic E-state index is 12.2. The Morgan fingerprint density at radius 3 is 2.43 bits per heavy atom. The van der Waals surface area contributed by atoms with Crippen LogP contribution in [0.5, 0.6) is 0 Å². The highest BCUT2D eigenvalue weighted by atomic mass is 16.1. The van der Waals surface area contributed by atoms with Gasteiger partial charge in [0.15, 0.2) is 0 Å². The smallest absolute Gasteiger partial charge is 0.248 e. The Labute approximate surface area is 177 Å². The maximum absolute atomic E-state index is 12.2. The standard InChI is InChI=1S/C23H31N5O2/c1-16-21(17(2)27(3)26-16)8-9-22(29)25-20-6-4-18(5-7-20)10-13-28-14-11-19(12-15-28)23(24)30/h4-9,19H,10-15H2,1-3H3,(H2,24,30)(H,25,29)/b9-8+. The number of nitrogens with one attached hydrogen (secondary N) is 1. The van der Waals surface area contributed by atoms with Crippen LogP contribution in [0.15, 0.2) is 30.3 Å². The zero-order chi connectivity index (χ0) is 21.7. The van der Waals surface area contributed by atoms with Gasteiger partial charge in [-0.15, -0.1) is 0 Å². The molecule has 3 N–H and O–H groups in total. The third-order valence-electron chi connectivity index (χ3n) is 5.89. The molecule has 1 aromatic heterocycles. The van der Waals surface area contributed by atoms with E-state index in [1.165, 1.54) is 5.56 Å². The molecule has 0 unspecified atom stereocenters. The molecule has 2 aromatic rings. The van der Waals surface area contributed by atoms with Crippen LogP contribution in [-0.2, 0) is 23.1 Å². The molecule has 7 heteroatoms. The number of likely N-dealkylation sites (tertiary alicyclic amines) is 1. The van der Waals surface area contributed by atoms with E-state index in [9.17, 15) is 9.59 Å². The lowest BCUT2D eigenvalue weighted by atomic mass is 9.96. The number of nitrogens with zero attached hydrogens (tertiary/aromatic N) is 3. The summed E-state index contributed by atoms with van der Waals surface area (Å²) in [5.41, 5.74) is 10.3. The fourth-order valence-electron chi connectivity index (χ4n) is 3.86. The molecule has 0 spiro atoms. The van der Waals surface area contributed by atoms with E-state index in [2.05, 4.69) is 15.3 Å². The highest BCUT2D eigenvalue weighted by Crippen LogP contribution is 2.18. The number of piperidine rings is 1. The first-order valence-electron chi connectivity index (χ1n) is 10.4. The van der Waals surface area contributed by atoms with Crippen molar-refractivity contribution in [1.29, 1.82) is 0 Å². The third kappa shape index (κ3) is 5.57. The summed E-state index contributed by atoms with van der Waals surface area (Å²) in [5.74, 6) is -0.306. The van der Waals surface area contributed by atoms with E-state index in [0.717, 1.165) is 61.5 Å². The number of nitrogens with two attached hydrogens (primary N) is 1. The minimum absolute atomic E-state index is 0.0316. The number of anilines is 1. The van der Waals surface area contributed by atoms with Gasteiger partial charge in [0.05, 0.1) is 5.69 Å². The SMILES string of the molecule is Cc1nn(C)c(C)c1/C=C/C(=O)Nc1ccc(CCN2CCC(C(N)=O)CC2)cc1. The van der Waals surface area contributed by atoms with Crippen LogP contribution in [-0.4, -0.2) is 46.1 Å². The second-order valence-corrected chi connectivity index (χ2v) is 8.00. The molecule has 0 atom stereocenters. The lowest BCUT2D eigenvalue weighted by molar-refractivity contribution is -0.123. The molecule has 160 valence electrons. The molecular weight excluding hydrogens is 378 g/mol. The Morgan fingerprint density at radius 2 is 1.87 bits per heavy atom. The zero-order valence-electron chi connectivity index (χ0n) is 18.0. The van der Waals surface area contributed by atoms with Gasteiger partial charge in [0.2, 0.25) is 11.8 Å². The zero-order valence-corrected chi connectivity index (χ0v) is 18.0. The van der Waals surface area contributed by atoms with Crippen LogP contribution in [0, 0.1) is 19.8 Å². The molecule has 1 fully saturated rings. The summed E-state index contributed by atoms with van der Waals surface area (Å²) < 4.78 is 1.81. The van der Waals surface area contributed by atoms with Crippen LogP contribution in [0.1, 0.15) is 35.4 Å². The molecule has 1 saturated heterocycles. The van der Waals surface area contributed by atoms with Crippen LogP contribution in [0.25, 0.3) is 6.08 Å². The minimum Gasteiger partial charge on any atom is -0.369 e. The summed E-state index contributed by atoms with van der Waals surface area (Å²) in [6, 6.07) is 7.96. The Balaban J connectivity index is 1.47. The Morgan fingerprint density at radius 1 is 1.20 bits per heavy atom. The van der Waals surface area contributed by atoms with Crippen molar-refractivity contribution >= 4 is 23.6 Å². The van der Waals surface area contributed by atoms with E-state index in [1.54, 1.807) is 6.08 Å². The van der Waals surface area contributed by atoms with Gasteiger partial charge < -0.3 is 16.0 Å². The van der Waals surface area contributed by atoms with Gasteiger partial charge in [0.1, 0.15) is 0 Å². The highest BCUT2D eigenvalue weighted by molar-refractivity contribution is 6.02. The molecule has 2 amide bonds. The number of carbonyl (C=O) groups is 2. The van der Waals surface area contributed by atoms with E-state index in [1.807, 2.05) is 55.9 Å². The van der Waals surface area contributed by atoms with Gasteiger partial charge in [0.25, 0.3) is 0 Å². The van der Waals surface area contributed by atoms with Gasteiger partial charge in [-0.1, -0.05) is 12.1 Å². The first-order chi connectivity index (χ1) is 14.3. The quantitative estimate of drug-likeness (QED) is 0.687. The Kier molecular flexibility index (Phi) is 7.05. The van der Waals surface area contributed by atoms with Gasteiger partial charge in [-0.3, -0.25) is 14.3 Å². The van der Waals surface area contributed by atoms with Crippen LogP contribution < -0.4 is 11.1 Å². The summed E-state index contributed by atoms with van der Waals surface area (Å²) in [6.07, 6.45) is 6.00. The van der Waals surface area contributed by atoms with Gasteiger partial charge in [-0.2, -0.15) is 5.10 Å². The van der Waals surface area contributed by atoms with Crippen molar-refractivity contribution in [3.8, 4) is 0 Å². The van der Waals surface area contributed by atoms with Crippen molar-refractivity contribution in [1.82, 2.24) is 14.7 Å². The number of hydrogen-bond donors (Lipinski definition) is 2. The van der Waals surface area contributed by atoms with E-state index >= 15 is 0 Å². The number of amides is 2. The van der Waals surface area contributed by atoms with Gasteiger partial charge in [-0.05, 0) is 70.0 Å². The molecule has 3 rings (SSSR count). The van der Waals surface area contributed by atoms with Crippen LogP contribution >= 0.6 is 0 Å². The summed E-state index contributed by atoms with van der Waals surface area (Å²) in [7, 11) is 1.89. The second kappa shape index (κ2) is 9.71. The number of benzene rings is 1. The normalized spacial score (nSPS) is 15.6. The fourth-order valence-corrected chi connectivity index (χ4v) is 3.86. The van der Waals surface area contributed by atoms with Crippen LogP contribution in [0.2, 0.25) is 0 Å². The van der Waals surface area contributed by atoms with Crippen LogP contribution in [0.3, 0.4) is 0 Å². The summed E-state index contributed by atoms with van der Waals surface area (Å²) in [6.45, 7) is 6.72. The first-order valence-corrected chi connectivity index (χ1v) is 10.4. The predicted octanol–water partition coefficient (Wildman–Crippen LogP) is 2.43. The largest absolute Gasteiger partial charge is 0.369 e. The number of aromatic nitrogens is 2. The van der Waals surface area contributed by atoms with Crippen molar-refractivity contribution in [3.63, 3.8) is 0 Å². The minimum atomic E-state index is -0.173. The number of rotatable bonds is 7. The molecule has 1 aromatic carbocycles. The monoisotopic (exact) mass is 409 g/mol. The second-order valence-electron chi connectivity index (χ2n) is 8.00. The number of hydrogen-bond acceptors (Lipinski definition) is 4. The summed E-state index contributed by atoms with van der Waals surface area (Å²) in [5, 5.41) is 7.25. The van der Waals surface area contributed by atoms with E-state index in [0.29, 0.717) is 0 Å². The first kappa shape index (κ1) is 21.8. The average Bonchev–Trinajstić information content (AvgIpc) is 2.97. The molecule has 1 aliphatic heterocycles. The topological polar surface area (TPSA) is 93.2 Å². The van der Waals surface area contributed by atoms with Crippen molar-refractivity contribution < 1.29 is 9.59 Å².